The largest absolute Gasteiger partial charge is 0.466 e. The molecule has 0 aliphatic carbocycles. The van der Waals surface area contributed by atoms with Gasteiger partial charge in [-0.05, 0) is 266 Å². The molecule has 0 bridgehead atoms. The number of thiazole rings is 1. The molecule has 12 heteroatoms. The van der Waals surface area contributed by atoms with Crippen LogP contribution in [0.15, 0.2) is 13.3 Å². The third-order valence-corrected chi connectivity index (χ3v) is 18.1. The van der Waals surface area contributed by atoms with Gasteiger partial charge in [0.1, 0.15) is 28.8 Å². The molecular formula is C56H84N4O3S5. The van der Waals surface area contributed by atoms with Gasteiger partial charge in [-0.3, -0.25) is 0 Å². The molecule has 0 unspecified atom stereocenters. The summed E-state index contributed by atoms with van der Waals surface area (Å²) < 4.78 is 24.1. The number of rotatable bonds is 0. The quantitative estimate of drug-likeness (QED) is 0.149. The van der Waals surface area contributed by atoms with Gasteiger partial charge in [0.25, 0.3) is 0 Å². The van der Waals surface area contributed by atoms with Crippen molar-refractivity contribution in [3.05, 3.63) is 152 Å². The Bertz CT molecular complexity index is 2330. The van der Waals surface area contributed by atoms with Gasteiger partial charge >= 0.3 is 0 Å². The van der Waals surface area contributed by atoms with Crippen LogP contribution in [-0.4, -0.2) is 18.7 Å². The second kappa shape index (κ2) is 28.7. The highest BCUT2D eigenvalue weighted by Gasteiger charge is 2.07. The van der Waals surface area contributed by atoms with Crippen LogP contribution >= 0.6 is 57.1 Å². The molecule has 0 aliphatic rings. The molecule has 376 valence electrons. The average molecular weight is 1020 g/mol. The van der Waals surface area contributed by atoms with Crippen LogP contribution in [0.2, 0.25) is 0 Å². The first kappa shape index (κ1) is 62.1. The van der Waals surface area contributed by atoms with Crippen LogP contribution in [0.4, 0.5) is 0 Å². The Kier molecular flexibility index (Phi) is 26.2. The molecule has 0 amide bonds. The third kappa shape index (κ3) is 19.1. The number of aryl methyl sites for hydroxylation is 18. The number of thiophene rings is 2. The van der Waals surface area contributed by atoms with Gasteiger partial charge in [-0.15, -0.1) is 34.0 Å². The van der Waals surface area contributed by atoms with Crippen LogP contribution in [-0.2, 0) is 0 Å². The summed E-state index contributed by atoms with van der Waals surface area (Å²) >= 11 is 8.71. The van der Waals surface area contributed by atoms with Crippen LogP contribution in [0.3, 0.4) is 0 Å². The predicted octanol–water partition coefficient (Wildman–Crippen LogP) is 18.8. The molecule has 7 nitrogen and oxygen atoms in total. The van der Waals surface area contributed by atoms with Crippen molar-refractivity contribution in [1.29, 1.82) is 0 Å². The lowest BCUT2D eigenvalue weighted by molar-refractivity contribution is 0.493. The van der Waals surface area contributed by atoms with E-state index in [1.54, 1.807) is 34.4 Å². The smallest absolute Gasteiger partial charge is 0.191 e. The van der Waals surface area contributed by atoms with E-state index in [-0.39, 0.29) is 0 Å². The first-order valence-corrected chi connectivity index (χ1v) is 27.1. The van der Waals surface area contributed by atoms with Crippen molar-refractivity contribution >= 4 is 57.1 Å². The molecule has 68 heavy (non-hydrogen) atoms. The summed E-state index contributed by atoms with van der Waals surface area (Å²) in [6.45, 7) is 58.1. The fourth-order valence-electron chi connectivity index (χ4n) is 5.97. The van der Waals surface area contributed by atoms with E-state index in [0.717, 1.165) is 40.4 Å². The van der Waals surface area contributed by atoms with Gasteiger partial charge in [0.2, 0.25) is 0 Å². The summed E-state index contributed by atoms with van der Waals surface area (Å²) in [7, 11) is 0. The van der Waals surface area contributed by atoms with E-state index in [1.165, 1.54) is 112 Å². The lowest BCUT2D eigenvalue weighted by atomic mass is 10.2. The van der Waals surface area contributed by atoms with Gasteiger partial charge in [-0.1, -0.05) is 0 Å². The second-order valence-corrected chi connectivity index (χ2v) is 23.7. The zero-order valence-electron chi connectivity index (χ0n) is 47.1. The molecule has 0 atom stereocenters. The van der Waals surface area contributed by atoms with Gasteiger partial charge in [0.05, 0.1) is 27.8 Å². The highest BCUT2D eigenvalue weighted by Crippen LogP contribution is 2.26. The molecule has 0 aromatic carbocycles. The molecule has 8 heterocycles. The normalized spacial score (nSPS) is 10.1. The Hall–Kier alpha value is -3.94. The summed E-state index contributed by atoms with van der Waals surface area (Å²) in [6, 6.07) is 0. The first-order chi connectivity index (χ1) is 31.3. The highest BCUT2D eigenvalue weighted by atomic mass is 32.1. The maximum Gasteiger partial charge on any atom is 0.191 e. The maximum atomic E-state index is 5.34. The Labute approximate surface area is 432 Å². The van der Waals surface area contributed by atoms with E-state index in [4.69, 9.17) is 13.3 Å². The molecule has 0 fully saturated rings. The summed E-state index contributed by atoms with van der Waals surface area (Å²) in [5.41, 5.74) is 18.2. The zero-order valence-corrected chi connectivity index (χ0v) is 51.1. The summed E-state index contributed by atoms with van der Waals surface area (Å²) in [5.74, 6) is 5.85. The van der Waals surface area contributed by atoms with E-state index in [9.17, 15) is 0 Å². The van der Waals surface area contributed by atoms with E-state index < -0.39 is 0 Å². The van der Waals surface area contributed by atoms with Crippen LogP contribution in [0.5, 0.6) is 0 Å². The number of hydrogen-bond donors (Lipinski definition) is 0. The minimum absolute atomic E-state index is 0.750. The molecule has 0 aliphatic heterocycles. The van der Waals surface area contributed by atoms with Gasteiger partial charge in [-0.25, -0.2) is 9.97 Å². The van der Waals surface area contributed by atoms with Gasteiger partial charge in [0, 0.05) is 41.1 Å². The Morgan fingerprint density at radius 1 is 0.250 bits per heavy atom. The lowest BCUT2D eigenvalue weighted by Gasteiger charge is -1.88. The Morgan fingerprint density at radius 3 is 0.632 bits per heavy atom. The van der Waals surface area contributed by atoms with Crippen LogP contribution in [0.25, 0.3) is 0 Å². The van der Waals surface area contributed by atoms with E-state index in [1.807, 2.05) is 98.8 Å². The van der Waals surface area contributed by atoms with Crippen LogP contribution in [0.1, 0.15) is 152 Å². The second-order valence-electron chi connectivity index (χ2n) is 17.5. The lowest BCUT2D eigenvalue weighted by Crippen LogP contribution is -1.73. The summed E-state index contributed by atoms with van der Waals surface area (Å²) in [6.07, 6.45) is 0. The Balaban J connectivity index is 0.000000389. The summed E-state index contributed by atoms with van der Waals surface area (Å²) in [4.78, 5) is 18.1. The minimum Gasteiger partial charge on any atom is -0.466 e. The van der Waals surface area contributed by atoms with Crippen LogP contribution in [0, 0.1) is 194 Å². The van der Waals surface area contributed by atoms with Crippen molar-refractivity contribution in [3.63, 3.8) is 0 Å². The van der Waals surface area contributed by atoms with Crippen molar-refractivity contribution < 1.29 is 13.3 Å². The molecule has 0 saturated carbocycles. The first-order valence-electron chi connectivity index (χ1n) is 23.1. The fraction of sp³-hybridized carbons (Fsp3) is 0.500. The van der Waals surface area contributed by atoms with E-state index >= 15 is 0 Å². The van der Waals surface area contributed by atoms with Gasteiger partial charge < -0.3 is 13.3 Å². The summed E-state index contributed by atoms with van der Waals surface area (Å²) in [5, 5.41) is 1.17. The van der Waals surface area contributed by atoms with Crippen molar-refractivity contribution in [2.75, 3.05) is 0 Å². The predicted molar refractivity (Wildman–Crippen MR) is 302 cm³/mol. The Morgan fingerprint density at radius 2 is 0.559 bits per heavy atom. The molecule has 0 N–H and O–H groups in total. The minimum atomic E-state index is 0.750. The van der Waals surface area contributed by atoms with Gasteiger partial charge in [-0.2, -0.15) is 8.75 Å². The van der Waals surface area contributed by atoms with Crippen molar-refractivity contribution in [1.82, 2.24) is 18.7 Å². The molecule has 0 saturated heterocycles. The van der Waals surface area contributed by atoms with Crippen molar-refractivity contribution in [2.24, 2.45) is 0 Å². The topological polar surface area (TPSA) is 91.0 Å². The number of aromatic nitrogens is 4. The third-order valence-electron chi connectivity index (χ3n) is 12.8. The molecule has 0 radical (unpaired) electrons. The van der Waals surface area contributed by atoms with Gasteiger partial charge in [0.15, 0.2) is 5.89 Å². The molecule has 0 spiro atoms. The maximum absolute atomic E-state index is 5.34. The number of nitrogens with zero attached hydrogens (tertiary/aromatic N) is 4. The van der Waals surface area contributed by atoms with Crippen LogP contribution < -0.4 is 0 Å². The fourth-order valence-corrected chi connectivity index (χ4v) is 10.3. The SMILES string of the molecule is Cc1nc(C)c(C)o1.Cc1nc(C)c(C)s1.Cc1nsc(C)c1C.Cc1nsc(C)c1C.Cc1oc(C)c(C)c1C.Cc1oc(C)c(C)c1C.Cc1sc(C)c(C)c1C.Cc1sc(C)c(C)c1C. The number of furan rings is 2. The standard InChI is InChI=1S/2C8H12O.2C8H12S.C6H9NO.3C6H9NS/c4*1-5-6(2)8(4)9-7(5)3;2*1-4-5(2)8-6(3)7-4;2*1-4-5(2)7-8-6(4)3/h4*1-4H3;4*1-3H3. The van der Waals surface area contributed by atoms with Crippen molar-refractivity contribution in [3.8, 4) is 0 Å². The van der Waals surface area contributed by atoms with Crippen molar-refractivity contribution in [2.45, 2.75) is 194 Å². The van der Waals surface area contributed by atoms with E-state index in [2.05, 4.69) is 136 Å². The number of hydrogen-bond acceptors (Lipinski definition) is 12. The monoisotopic (exact) mass is 1020 g/mol. The molecule has 8 rings (SSSR count). The highest BCUT2D eigenvalue weighted by molar-refractivity contribution is 7.12. The molecular weight excluding hydrogens is 937 g/mol. The van der Waals surface area contributed by atoms with E-state index in [0.29, 0.717) is 0 Å². The average Bonchev–Trinajstić information content (AvgIpc) is 4.12. The molecule has 8 aromatic rings. The number of oxazole rings is 1. The zero-order chi connectivity index (χ0) is 52.7. The molecule has 8 aromatic heterocycles.